The van der Waals surface area contributed by atoms with Crippen LogP contribution in [0.2, 0.25) is 0 Å². The van der Waals surface area contributed by atoms with E-state index in [0.717, 1.165) is 5.56 Å². The predicted molar refractivity (Wildman–Crippen MR) is 50.2 cm³/mol. The number of hydrogen-bond donors (Lipinski definition) is 1. The first-order valence-electron chi connectivity index (χ1n) is 4.20. The first-order valence-corrected chi connectivity index (χ1v) is 4.20. The molecule has 2 rings (SSSR count). The Balaban J connectivity index is 2.64. The molecule has 1 aliphatic rings. The third kappa shape index (κ3) is 0.860. The molecule has 0 bridgehead atoms. The average Bonchev–Trinajstić information content (AvgIpc) is 2.32. The monoisotopic (exact) mass is 160 g/mol. The average molecular weight is 160 g/mol. The lowest BCUT2D eigenvalue weighted by atomic mass is 9.99. The van der Waals surface area contributed by atoms with Crippen molar-refractivity contribution in [2.24, 2.45) is 0 Å². The first kappa shape index (κ1) is 7.41. The molecule has 0 aliphatic heterocycles. The molecule has 0 spiro atoms. The van der Waals surface area contributed by atoms with Crippen molar-refractivity contribution in [3.63, 3.8) is 0 Å². The molecule has 1 aliphatic carbocycles. The fourth-order valence-corrected chi connectivity index (χ4v) is 1.70. The molecule has 0 amide bonds. The zero-order valence-electron chi connectivity index (χ0n) is 7.33. The van der Waals surface area contributed by atoms with Crippen LogP contribution in [0.25, 0.3) is 6.08 Å². The third-order valence-electron chi connectivity index (χ3n) is 2.64. The Bertz CT molecular complexity index is 350. The van der Waals surface area contributed by atoms with Gasteiger partial charge in [0.1, 0.15) is 5.75 Å². The van der Waals surface area contributed by atoms with Crippen molar-refractivity contribution in [1.29, 1.82) is 0 Å². The summed E-state index contributed by atoms with van der Waals surface area (Å²) in [5.74, 6) is 0.864. The van der Waals surface area contributed by atoms with Crippen molar-refractivity contribution in [2.75, 3.05) is 0 Å². The minimum atomic E-state index is 0.399. The number of phenolic OH excluding ortho intramolecular Hbond substituents is 1. The van der Waals surface area contributed by atoms with Crippen molar-refractivity contribution < 1.29 is 5.11 Å². The van der Waals surface area contributed by atoms with Gasteiger partial charge < -0.3 is 5.11 Å². The van der Waals surface area contributed by atoms with Crippen LogP contribution in [0.1, 0.15) is 30.9 Å². The summed E-state index contributed by atoms with van der Waals surface area (Å²) in [6.07, 6.45) is 2.06. The Morgan fingerprint density at radius 2 is 2.08 bits per heavy atom. The van der Waals surface area contributed by atoms with Gasteiger partial charge in [-0.3, -0.25) is 0 Å². The number of hydrogen-bond acceptors (Lipinski definition) is 1. The normalized spacial score (nSPS) is 20.5. The second-order valence-electron chi connectivity index (χ2n) is 3.39. The van der Waals surface area contributed by atoms with E-state index in [0.29, 0.717) is 11.7 Å². The molecule has 0 saturated heterocycles. The van der Waals surface area contributed by atoms with E-state index >= 15 is 0 Å². The van der Waals surface area contributed by atoms with E-state index in [2.05, 4.69) is 26.0 Å². The van der Waals surface area contributed by atoms with E-state index in [4.69, 9.17) is 0 Å². The smallest absolute Gasteiger partial charge is 0.123 e. The fourth-order valence-electron chi connectivity index (χ4n) is 1.70. The van der Waals surface area contributed by atoms with E-state index in [1.54, 1.807) is 6.07 Å². The van der Waals surface area contributed by atoms with Gasteiger partial charge in [-0.05, 0) is 18.6 Å². The van der Waals surface area contributed by atoms with Gasteiger partial charge in [0.05, 0.1) is 0 Å². The maximum absolute atomic E-state index is 9.52. The van der Waals surface area contributed by atoms with Gasteiger partial charge in [0.15, 0.2) is 0 Å². The Morgan fingerprint density at radius 1 is 1.33 bits per heavy atom. The highest BCUT2D eigenvalue weighted by molar-refractivity contribution is 5.70. The zero-order valence-corrected chi connectivity index (χ0v) is 7.33. The third-order valence-corrected chi connectivity index (χ3v) is 2.64. The van der Waals surface area contributed by atoms with Crippen LogP contribution in [0.5, 0.6) is 5.75 Å². The van der Waals surface area contributed by atoms with E-state index in [1.807, 2.05) is 6.07 Å². The minimum absolute atomic E-state index is 0.399. The van der Waals surface area contributed by atoms with Crippen molar-refractivity contribution >= 4 is 6.08 Å². The van der Waals surface area contributed by atoms with Gasteiger partial charge >= 0.3 is 0 Å². The minimum Gasteiger partial charge on any atom is -0.507 e. The maximum Gasteiger partial charge on any atom is 0.123 e. The standard InChI is InChI=1S/C11H12O/c1-7-6-10-9(8(7)2)4-3-5-11(10)12/h3-6,8,12H,1-2H3. The summed E-state index contributed by atoms with van der Waals surface area (Å²) < 4.78 is 0. The molecule has 1 heteroatoms. The summed E-state index contributed by atoms with van der Waals surface area (Å²) in [6.45, 7) is 4.27. The van der Waals surface area contributed by atoms with Crippen LogP contribution in [0.4, 0.5) is 0 Å². The van der Waals surface area contributed by atoms with Crippen LogP contribution in [0, 0.1) is 0 Å². The lowest BCUT2D eigenvalue weighted by Gasteiger charge is -2.06. The van der Waals surface area contributed by atoms with Crippen molar-refractivity contribution in [1.82, 2.24) is 0 Å². The molecule has 0 aromatic heterocycles. The molecule has 0 radical (unpaired) electrons. The molecule has 0 saturated carbocycles. The molecular formula is C11H12O. The second-order valence-corrected chi connectivity index (χ2v) is 3.39. The highest BCUT2D eigenvalue weighted by Crippen LogP contribution is 2.39. The van der Waals surface area contributed by atoms with Crippen molar-refractivity contribution in [2.45, 2.75) is 19.8 Å². The van der Waals surface area contributed by atoms with Crippen LogP contribution < -0.4 is 0 Å². The number of benzene rings is 1. The Morgan fingerprint density at radius 3 is 2.75 bits per heavy atom. The van der Waals surface area contributed by atoms with Crippen LogP contribution in [-0.4, -0.2) is 5.11 Å². The first-order chi connectivity index (χ1) is 5.70. The summed E-state index contributed by atoms with van der Waals surface area (Å²) in [5, 5.41) is 9.52. The largest absolute Gasteiger partial charge is 0.507 e. The number of fused-ring (bicyclic) bond motifs is 1. The van der Waals surface area contributed by atoms with E-state index in [9.17, 15) is 5.11 Å². The summed E-state index contributed by atoms with van der Waals surface area (Å²) in [5.41, 5.74) is 3.57. The topological polar surface area (TPSA) is 20.2 Å². The van der Waals surface area contributed by atoms with E-state index in [-0.39, 0.29) is 0 Å². The lowest BCUT2D eigenvalue weighted by molar-refractivity contribution is 0.473. The number of aromatic hydroxyl groups is 1. The summed E-state index contributed by atoms with van der Waals surface area (Å²) in [4.78, 5) is 0. The van der Waals surface area contributed by atoms with Gasteiger partial charge in [0.25, 0.3) is 0 Å². The highest BCUT2D eigenvalue weighted by atomic mass is 16.3. The molecule has 1 atom stereocenters. The molecule has 0 heterocycles. The molecule has 12 heavy (non-hydrogen) atoms. The van der Waals surface area contributed by atoms with Gasteiger partial charge in [-0.2, -0.15) is 0 Å². The van der Waals surface area contributed by atoms with Gasteiger partial charge in [-0.15, -0.1) is 0 Å². The van der Waals surface area contributed by atoms with Crippen LogP contribution in [0.15, 0.2) is 23.8 Å². The molecule has 1 aromatic carbocycles. The van der Waals surface area contributed by atoms with Crippen molar-refractivity contribution in [3.8, 4) is 5.75 Å². The Hall–Kier alpha value is -1.24. The molecule has 62 valence electrons. The van der Waals surface area contributed by atoms with Crippen LogP contribution in [0.3, 0.4) is 0 Å². The highest BCUT2D eigenvalue weighted by Gasteiger charge is 2.19. The maximum atomic E-state index is 9.52. The fraction of sp³-hybridized carbons (Fsp3) is 0.273. The number of allylic oxidation sites excluding steroid dienone is 1. The molecule has 1 unspecified atom stereocenters. The van der Waals surface area contributed by atoms with E-state index in [1.165, 1.54) is 11.1 Å². The van der Waals surface area contributed by atoms with E-state index < -0.39 is 0 Å². The van der Waals surface area contributed by atoms with Gasteiger partial charge in [0, 0.05) is 11.5 Å². The van der Waals surface area contributed by atoms with Gasteiger partial charge in [-0.1, -0.05) is 30.7 Å². The summed E-state index contributed by atoms with van der Waals surface area (Å²) in [7, 11) is 0. The molecular weight excluding hydrogens is 148 g/mol. The van der Waals surface area contributed by atoms with Crippen LogP contribution in [-0.2, 0) is 0 Å². The molecule has 1 N–H and O–H groups in total. The number of phenols is 1. The van der Waals surface area contributed by atoms with Crippen LogP contribution >= 0.6 is 0 Å². The lowest BCUT2D eigenvalue weighted by Crippen LogP contribution is -1.89. The Kier molecular flexibility index (Phi) is 1.47. The van der Waals surface area contributed by atoms with Crippen molar-refractivity contribution in [3.05, 3.63) is 34.9 Å². The molecule has 1 nitrogen and oxygen atoms in total. The predicted octanol–water partition coefficient (Wildman–Crippen LogP) is 2.91. The zero-order chi connectivity index (χ0) is 8.72. The molecule has 0 fully saturated rings. The SMILES string of the molecule is CC1=Cc2c(O)cccc2C1C. The summed E-state index contributed by atoms with van der Waals surface area (Å²) in [6, 6.07) is 5.71. The summed E-state index contributed by atoms with van der Waals surface area (Å²) >= 11 is 0. The quantitative estimate of drug-likeness (QED) is 0.618. The Labute approximate surface area is 72.4 Å². The number of rotatable bonds is 0. The van der Waals surface area contributed by atoms with Gasteiger partial charge in [0.2, 0.25) is 0 Å². The molecule has 1 aromatic rings. The van der Waals surface area contributed by atoms with Gasteiger partial charge in [-0.25, -0.2) is 0 Å². The second kappa shape index (κ2) is 2.37.